The molecule has 0 radical (unpaired) electrons. The lowest BCUT2D eigenvalue weighted by atomic mass is 9.97. The summed E-state index contributed by atoms with van der Waals surface area (Å²) in [5.41, 5.74) is 4.28. The Morgan fingerprint density at radius 3 is 2.47 bits per heavy atom. The summed E-state index contributed by atoms with van der Waals surface area (Å²) in [6.07, 6.45) is 0.819. The normalized spacial score (nSPS) is 13.2. The predicted octanol–water partition coefficient (Wildman–Crippen LogP) is 5.19. The maximum absolute atomic E-state index is 13.3. The van der Waals surface area contributed by atoms with Crippen LogP contribution in [0.25, 0.3) is 22.1 Å². The molecule has 186 valence electrons. The van der Waals surface area contributed by atoms with E-state index in [0.29, 0.717) is 41.5 Å². The second kappa shape index (κ2) is 9.95. The quantitative estimate of drug-likeness (QED) is 0.332. The van der Waals surface area contributed by atoms with Crippen molar-refractivity contribution in [2.24, 2.45) is 0 Å². The van der Waals surface area contributed by atoms with E-state index in [4.69, 9.17) is 23.4 Å². The van der Waals surface area contributed by atoms with E-state index >= 15 is 0 Å². The molecular formula is C29H29NO6. The van der Waals surface area contributed by atoms with Crippen molar-refractivity contribution in [2.75, 3.05) is 34.6 Å². The molecule has 1 aliphatic heterocycles. The number of ether oxygens (including phenoxy) is 4. The monoisotopic (exact) mass is 487 g/mol. The molecule has 0 saturated carbocycles. The Labute approximate surface area is 209 Å². The van der Waals surface area contributed by atoms with Crippen LogP contribution in [0, 0.1) is 6.92 Å². The van der Waals surface area contributed by atoms with Gasteiger partial charge in [0.25, 0.3) is 0 Å². The van der Waals surface area contributed by atoms with E-state index in [1.54, 1.807) is 33.5 Å². The molecular weight excluding hydrogens is 458 g/mol. The molecule has 0 saturated heterocycles. The van der Waals surface area contributed by atoms with Gasteiger partial charge in [0.05, 0.1) is 32.5 Å². The van der Waals surface area contributed by atoms with Gasteiger partial charge in [-0.05, 0) is 60.4 Å². The van der Waals surface area contributed by atoms with Gasteiger partial charge in [-0.1, -0.05) is 24.3 Å². The van der Waals surface area contributed by atoms with Crippen molar-refractivity contribution in [3.05, 3.63) is 81.7 Å². The number of methoxy groups -OCH3 is 3. The van der Waals surface area contributed by atoms with Gasteiger partial charge in [-0.15, -0.1) is 0 Å². The lowest BCUT2D eigenvalue weighted by molar-refractivity contribution is 0.0966. The third-order valence-corrected chi connectivity index (χ3v) is 6.74. The largest absolute Gasteiger partial charge is 0.496 e. The van der Waals surface area contributed by atoms with Crippen molar-refractivity contribution < 1.29 is 23.4 Å². The lowest BCUT2D eigenvalue weighted by Crippen LogP contribution is -2.33. The third-order valence-electron chi connectivity index (χ3n) is 6.74. The molecule has 0 amide bonds. The van der Waals surface area contributed by atoms with Gasteiger partial charge in [-0.2, -0.15) is 0 Å². The molecule has 0 spiro atoms. The smallest absolute Gasteiger partial charge is 0.344 e. The average molecular weight is 488 g/mol. The van der Waals surface area contributed by atoms with Crippen LogP contribution in [0.3, 0.4) is 0 Å². The number of aryl methyl sites for hydroxylation is 1. The topological polar surface area (TPSA) is 70.4 Å². The van der Waals surface area contributed by atoms with Crippen LogP contribution in [0.4, 0.5) is 0 Å². The van der Waals surface area contributed by atoms with Crippen LogP contribution in [-0.2, 0) is 13.0 Å². The zero-order valence-electron chi connectivity index (χ0n) is 20.9. The summed E-state index contributed by atoms with van der Waals surface area (Å²) in [7, 11) is 4.84. The Morgan fingerprint density at radius 1 is 0.917 bits per heavy atom. The van der Waals surface area contributed by atoms with E-state index < -0.39 is 5.63 Å². The molecule has 36 heavy (non-hydrogen) atoms. The minimum atomic E-state index is -0.397. The highest BCUT2D eigenvalue weighted by Crippen LogP contribution is 2.37. The van der Waals surface area contributed by atoms with E-state index in [0.717, 1.165) is 46.5 Å². The molecule has 0 unspecified atom stereocenters. The lowest BCUT2D eigenvalue weighted by Gasteiger charge is -2.29. The second-order valence-electron chi connectivity index (χ2n) is 8.77. The molecule has 0 N–H and O–H groups in total. The molecule has 7 nitrogen and oxygen atoms in total. The van der Waals surface area contributed by atoms with Crippen molar-refractivity contribution in [3.63, 3.8) is 0 Å². The summed E-state index contributed by atoms with van der Waals surface area (Å²) < 4.78 is 28.3. The number of para-hydroxylation sites is 1. The minimum absolute atomic E-state index is 0.397. The third kappa shape index (κ3) is 4.27. The van der Waals surface area contributed by atoms with E-state index in [-0.39, 0.29) is 0 Å². The number of rotatable bonds is 7. The van der Waals surface area contributed by atoms with E-state index in [1.807, 2.05) is 43.3 Å². The zero-order chi connectivity index (χ0) is 25.2. The molecule has 2 heterocycles. The fraction of sp³-hybridized carbons (Fsp3) is 0.276. The van der Waals surface area contributed by atoms with Gasteiger partial charge in [-0.25, -0.2) is 4.79 Å². The van der Waals surface area contributed by atoms with Crippen LogP contribution < -0.4 is 24.6 Å². The van der Waals surface area contributed by atoms with Crippen LogP contribution in [0.2, 0.25) is 0 Å². The van der Waals surface area contributed by atoms with Gasteiger partial charge in [0.15, 0.2) is 11.5 Å². The van der Waals surface area contributed by atoms with Crippen molar-refractivity contribution in [1.82, 2.24) is 4.90 Å². The Morgan fingerprint density at radius 2 is 1.69 bits per heavy atom. The van der Waals surface area contributed by atoms with Crippen molar-refractivity contribution >= 4 is 11.0 Å². The van der Waals surface area contributed by atoms with E-state index in [9.17, 15) is 4.79 Å². The molecule has 4 aromatic rings. The molecule has 0 bridgehead atoms. The van der Waals surface area contributed by atoms with Gasteiger partial charge in [0, 0.05) is 18.5 Å². The van der Waals surface area contributed by atoms with Gasteiger partial charge >= 0.3 is 5.63 Å². The molecule has 1 aromatic heterocycles. The first kappa shape index (κ1) is 23.8. The minimum Gasteiger partial charge on any atom is -0.496 e. The average Bonchev–Trinajstić information content (AvgIpc) is 2.91. The summed E-state index contributed by atoms with van der Waals surface area (Å²) in [6.45, 7) is 3.82. The highest BCUT2D eigenvalue weighted by atomic mass is 16.5. The Hall–Kier alpha value is -3.97. The Kier molecular flexibility index (Phi) is 6.57. The maximum Gasteiger partial charge on any atom is 0.344 e. The van der Waals surface area contributed by atoms with Crippen LogP contribution >= 0.6 is 0 Å². The first-order valence-corrected chi connectivity index (χ1v) is 11.8. The predicted molar refractivity (Wildman–Crippen MR) is 138 cm³/mol. The molecule has 5 rings (SSSR count). The first-order valence-electron chi connectivity index (χ1n) is 11.8. The number of benzene rings is 3. The van der Waals surface area contributed by atoms with Gasteiger partial charge < -0.3 is 23.4 Å². The van der Waals surface area contributed by atoms with E-state index in [2.05, 4.69) is 11.0 Å². The molecule has 0 fully saturated rings. The Bertz CT molecular complexity index is 1480. The maximum atomic E-state index is 13.3. The SMILES string of the molecule is COc1ccccc1CCN1COc2ccc3c(C)c(-c4ccc(OC)c(OC)c4)c(=O)oc3c2C1. The van der Waals surface area contributed by atoms with Gasteiger partial charge in [0.1, 0.15) is 23.8 Å². The second-order valence-corrected chi connectivity index (χ2v) is 8.77. The summed E-state index contributed by atoms with van der Waals surface area (Å²) in [4.78, 5) is 15.5. The molecule has 1 aliphatic rings. The Balaban J connectivity index is 1.48. The highest BCUT2D eigenvalue weighted by molar-refractivity contribution is 5.90. The van der Waals surface area contributed by atoms with Crippen molar-refractivity contribution in [3.8, 4) is 34.1 Å². The highest BCUT2D eigenvalue weighted by Gasteiger charge is 2.24. The number of hydrogen-bond acceptors (Lipinski definition) is 7. The van der Waals surface area contributed by atoms with Crippen LogP contribution in [0.15, 0.2) is 63.8 Å². The summed E-state index contributed by atoms with van der Waals surface area (Å²) in [5, 5.41) is 0.883. The fourth-order valence-corrected chi connectivity index (χ4v) is 4.83. The van der Waals surface area contributed by atoms with Gasteiger partial charge in [0.2, 0.25) is 0 Å². The summed E-state index contributed by atoms with van der Waals surface area (Å²) in [5.74, 6) is 2.78. The van der Waals surface area contributed by atoms with Crippen molar-refractivity contribution in [2.45, 2.75) is 19.9 Å². The van der Waals surface area contributed by atoms with Crippen LogP contribution in [0.5, 0.6) is 23.0 Å². The molecule has 0 aliphatic carbocycles. The van der Waals surface area contributed by atoms with Crippen molar-refractivity contribution in [1.29, 1.82) is 0 Å². The molecule has 7 heteroatoms. The van der Waals surface area contributed by atoms with Crippen LogP contribution in [0.1, 0.15) is 16.7 Å². The van der Waals surface area contributed by atoms with Gasteiger partial charge in [-0.3, -0.25) is 4.90 Å². The number of fused-ring (bicyclic) bond motifs is 3. The summed E-state index contributed by atoms with van der Waals surface area (Å²) in [6, 6.07) is 17.4. The number of nitrogens with zero attached hydrogens (tertiary/aromatic N) is 1. The summed E-state index contributed by atoms with van der Waals surface area (Å²) >= 11 is 0. The first-order chi connectivity index (χ1) is 17.5. The zero-order valence-corrected chi connectivity index (χ0v) is 20.9. The fourth-order valence-electron chi connectivity index (χ4n) is 4.83. The van der Waals surface area contributed by atoms with E-state index in [1.165, 1.54) is 0 Å². The molecule has 0 atom stereocenters. The number of hydrogen-bond donors (Lipinski definition) is 0. The molecule has 3 aromatic carbocycles. The standard InChI is InChI=1S/C29H29NO6/c1-18-21-10-12-24-22(16-30(17-35-24)14-13-19-7-5-6-8-23(19)32-2)28(21)36-29(31)27(18)20-9-11-25(33-3)26(15-20)34-4/h5-12,15H,13-14,16-17H2,1-4H3. The van der Waals surface area contributed by atoms with Crippen LogP contribution in [-0.4, -0.2) is 39.5 Å².